The van der Waals surface area contributed by atoms with Crippen LogP contribution in [0.25, 0.3) is 0 Å². The van der Waals surface area contributed by atoms with Crippen LogP contribution in [0.5, 0.6) is 0 Å². The van der Waals surface area contributed by atoms with Crippen LogP contribution in [0, 0.1) is 6.92 Å². The van der Waals surface area contributed by atoms with Gasteiger partial charge in [-0.25, -0.2) is 0 Å². The highest BCUT2D eigenvalue weighted by Gasteiger charge is 2.17. The van der Waals surface area contributed by atoms with E-state index in [0.717, 1.165) is 24.5 Å². The average molecular weight is 280 g/mol. The number of hydrogen-bond acceptors (Lipinski definition) is 2. The molecule has 0 bridgehead atoms. The number of aryl methyl sites for hydroxylation is 1. The number of carbonyl (C=O) groups is 1. The van der Waals surface area contributed by atoms with Crippen LogP contribution in [-0.2, 0) is 0 Å². The van der Waals surface area contributed by atoms with Gasteiger partial charge in [-0.3, -0.25) is 4.79 Å². The molecule has 0 aromatic heterocycles. The molecule has 2 aromatic rings. The number of carbonyl (C=O) groups excluding carboxylic acids is 1. The number of anilines is 2. The van der Waals surface area contributed by atoms with Crippen LogP contribution in [0.3, 0.4) is 0 Å². The maximum absolute atomic E-state index is 12.3. The second-order valence-corrected chi connectivity index (χ2v) is 5.53. The Morgan fingerprint density at radius 1 is 1.05 bits per heavy atom. The van der Waals surface area contributed by atoms with Crippen molar-refractivity contribution in [1.29, 1.82) is 0 Å². The van der Waals surface area contributed by atoms with E-state index in [-0.39, 0.29) is 5.91 Å². The standard InChI is InChI=1S/C18H20N2O/c1-14-9-10-16(17(13-14)20-11-5-6-12-20)19-18(21)15-7-3-2-4-8-15/h2-4,7-10,13H,5-6,11-12H2,1H3,(H,19,21). The number of rotatable bonds is 3. The molecule has 0 aliphatic carbocycles. The summed E-state index contributed by atoms with van der Waals surface area (Å²) in [5, 5.41) is 3.05. The third kappa shape index (κ3) is 3.07. The summed E-state index contributed by atoms with van der Waals surface area (Å²) in [7, 11) is 0. The molecule has 1 heterocycles. The van der Waals surface area contributed by atoms with Crippen molar-refractivity contribution in [2.45, 2.75) is 19.8 Å². The summed E-state index contributed by atoms with van der Waals surface area (Å²) in [6, 6.07) is 15.5. The van der Waals surface area contributed by atoms with Crippen molar-refractivity contribution in [2.75, 3.05) is 23.3 Å². The summed E-state index contributed by atoms with van der Waals surface area (Å²) in [6.07, 6.45) is 2.44. The lowest BCUT2D eigenvalue weighted by Crippen LogP contribution is -2.21. The van der Waals surface area contributed by atoms with Gasteiger partial charge in [-0.15, -0.1) is 0 Å². The van der Waals surface area contributed by atoms with E-state index in [1.807, 2.05) is 42.5 Å². The lowest BCUT2D eigenvalue weighted by Gasteiger charge is -2.22. The maximum atomic E-state index is 12.3. The van der Waals surface area contributed by atoms with Crippen LogP contribution in [0.1, 0.15) is 28.8 Å². The van der Waals surface area contributed by atoms with Crippen LogP contribution in [0.4, 0.5) is 11.4 Å². The Bertz CT molecular complexity index is 631. The molecule has 1 aliphatic rings. The lowest BCUT2D eigenvalue weighted by atomic mass is 10.1. The van der Waals surface area contributed by atoms with Crippen molar-refractivity contribution in [3.8, 4) is 0 Å². The molecule has 1 aliphatic heterocycles. The van der Waals surface area contributed by atoms with Gasteiger partial charge in [0.25, 0.3) is 5.91 Å². The first-order chi connectivity index (χ1) is 10.2. The molecular weight excluding hydrogens is 260 g/mol. The molecule has 0 spiro atoms. The Morgan fingerprint density at radius 3 is 2.48 bits per heavy atom. The summed E-state index contributed by atoms with van der Waals surface area (Å²) in [4.78, 5) is 14.7. The number of hydrogen-bond donors (Lipinski definition) is 1. The molecule has 21 heavy (non-hydrogen) atoms. The van der Waals surface area contributed by atoms with Crippen LogP contribution >= 0.6 is 0 Å². The van der Waals surface area contributed by atoms with Crippen molar-refractivity contribution < 1.29 is 4.79 Å². The molecule has 108 valence electrons. The van der Waals surface area contributed by atoms with Crippen molar-refractivity contribution >= 4 is 17.3 Å². The van der Waals surface area contributed by atoms with E-state index in [1.54, 1.807) is 0 Å². The van der Waals surface area contributed by atoms with E-state index < -0.39 is 0 Å². The normalized spacial score (nSPS) is 14.2. The fourth-order valence-electron chi connectivity index (χ4n) is 2.75. The van der Waals surface area contributed by atoms with Crippen molar-refractivity contribution in [2.24, 2.45) is 0 Å². The molecule has 3 heteroatoms. The third-order valence-corrected chi connectivity index (χ3v) is 3.88. The van der Waals surface area contributed by atoms with Crippen LogP contribution < -0.4 is 10.2 Å². The van der Waals surface area contributed by atoms with Gasteiger partial charge in [-0.1, -0.05) is 24.3 Å². The summed E-state index contributed by atoms with van der Waals surface area (Å²) < 4.78 is 0. The Morgan fingerprint density at radius 2 is 1.76 bits per heavy atom. The predicted octanol–water partition coefficient (Wildman–Crippen LogP) is 3.85. The maximum Gasteiger partial charge on any atom is 0.255 e. The summed E-state index contributed by atoms with van der Waals surface area (Å²) in [5.74, 6) is -0.0556. The molecular formula is C18H20N2O. The molecule has 1 N–H and O–H groups in total. The van der Waals surface area contributed by atoms with Crippen molar-refractivity contribution in [1.82, 2.24) is 0 Å². The molecule has 1 fully saturated rings. The van der Waals surface area contributed by atoms with Crippen molar-refractivity contribution in [3.05, 3.63) is 59.7 Å². The monoisotopic (exact) mass is 280 g/mol. The number of benzene rings is 2. The molecule has 1 amide bonds. The second-order valence-electron chi connectivity index (χ2n) is 5.53. The quantitative estimate of drug-likeness (QED) is 0.926. The van der Waals surface area contributed by atoms with Gasteiger partial charge < -0.3 is 10.2 Å². The van der Waals surface area contributed by atoms with Crippen LogP contribution in [-0.4, -0.2) is 19.0 Å². The fourth-order valence-corrected chi connectivity index (χ4v) is 2.75. The SMILES string of the molecule is Cc1ccc(NC(=O)c2ccccc2)c(N2CCCC2)c1. The summed E-state index contributed by atoms with van der Waals surface area (Å²) in [6.45, 7) is 4.22. The van der Waals surface area contributed by atoms with E-state index >= 15 is 0 Å². The zero-order chi connectivity index (χ0) is 14.7. The molecule has 2 aromatic carbocycles. The van der Waals surface area contributed by atoms with Gasteiger partial charge in [0.15, 0.2) is 0 Å². The van der Waals surface area contributed by atoms with E-state index in [9.17, 15) is 4.79 Å². The fraction of sp³-hybridized carbons (Fsp3) is 0.278. The van der Waals surface area contributed by atoms with Crippen LogP contribution in [0.2, 0.25) is 0 Å². The topological polar surface area (TPSA) is 32.3 Å². The lowest BCUT2D eigenvalue weighted by molar-refractivity contribution is 0.102. The van der Waals surface area contributed by atoms with Gasteiger partial charge in [0, 0.05) is 18.7 Å². The first kappa shape index (κ1) is 13.7. The molecule has 1 saturated heterocycles. The molecule has 3 nitrogen and oxygen atoms in total. The van der Waals surface area contributed by atoms with Gasteiger partial charge in [0.2, 0.25) is 0 Å². The molecule has 0 radical (unpaired) electrons. The minimum atomic E-state index is -0.0556. The summed E-state index contributed by atoms with van der Waals surface area (Å²) in [5.41, 5.74) is 3.94. The summed E-state index contributed by atoms with van der Waals surface area (Å²) >= 11 is 0. The zero-order valence-electron chi connectivity index (χ0n) is 12.3. The smallest absolute Gasteiger partial charge is 0.255 e. The predicted molar refractivity (Wildman–Crippen MR) is 87.0 cm³/mol. The van der Waals surface area contributed by atoms with Gasteiger partial charge >= 0.3 is 0 Å². The molecule has 0 atom stereocenters. The Hall–Kier alpha value is -2.29. The van der Waals surface area contributed by atoms with Crippen molar-refractivity contribution in [3.63, 3.8) is 0 Å². The Kier molecular flexibility index (Phi) is 3.91. The van der Waals surface area contributed by atoms with Crippen LogP contribution in [0.15, 0.2) is 48.5 Å². The first-order valence-corrected chi connectivity index (χ1v) is 7.46. The second kappa shape index (κ2) is 6.00. The third-order valence-electron chi connectivity index (χ3n) is 3.88. The van der Waals surface area contributed by atoms with E-state index in [0.29, 0.717) is 5.56 Å². The number of nitrogens with one attached hydrogen (secondary N) is 1. The number of nitrogens with zero attached hydrogens (tertiary/aromatic N) is 1. The first-order valence-electron chi connectivity index (χ1n) is 7.46. The molecule has 0 saturated carbocycles. The Balaban J connectivity index is 1.86. The van der Waals surface area contributed by atoms with Gasteiger partial charge in [0.1, 0.15) is 0 Å². The highest BCUT2D eigenvalue weighted by molar-refractivity contribution is 6.06. The van der Waals surface area contributed by atoms with E-state index in [2.05, 4.69) is 23.2 Å². The zero-order valence-corrected chi connectivity index (χ0v) is 12.3. The van der Waals surface area contributed by atoms with Gasteiger partial charge in [0.05, 0.1) is 11.4 Å². The highest BCUT2D eigenvalue weighted by atomic mass is 16.1. The number of amides is 1. The largest absolute Gasteiger partial charge is 0.370 e. The van der Waals surface area contributed by atoms with Gasteiger partial charge in [-0.05, 0) is 49.6 Å². The van der Waals surface area contributed by atoms with E-state index in [1.165, 1.54) is 18.4 Å². The highest BCUT2D eigenvalue weighted by Crippen LogP contribution is 2.30. The van der Waals surface area contributed by atoms with Gasteiger partial charge in [-0.2, -0.15) is 0 Å². The molecule has 3 rings (SSSR count). The van der Waals surface area contributed by atoms with E-state index in [4.69, 9.17) is 0 Å². The average Bonchev–Trinajstić information content (AvgIpc) is 3.04. The minimum Gasteiger partial charge on any atom is -0.370 e. The minimum absolute atomic E-state index is 0.0556. The Labute approximate surface area is 125 Å². The molecule has 0 unspecified atom stereocenters.